The molecule has 0 aliphatic rings. The number of halogens is 3. The van der Waals surface area contributed by atoms with Crippen LogP contribution in [0.25, 0.3) is 0 Å². The zero-order valence-corrected chi connectivity index (χ0v) is 8.75. The van der Waals surface area contributed by atoms with E-state index in [-0.39, 0.29) is 18.4 Å². The van der Waals surface area contributed by atoms with Crippen molar-refractivity contribution in [3.05, 3.63) is 35.4 Å². The van der Waals surface area contributed by atoms with Crippen molar-refractivity contribution in [2.75, 3.05) is 0 Å². The molecule has 17 heavy (non-hydrogen) atoms. The third-order valence-corrected chi connectivity index (χ3v) is 2.11. The van der Waals surface area contributed by atoms with Gasteiger partial charge >= 0.3 is 6.18 Å². The molecule has 3 nitrogen and oxygen atoms in total. The molecular formula is C11H10F3NO2. The highest BCUT2D eigenvalue weighted by Crippen LogP contribution is 2.29. The summed E-state index contributed by atoms with van der Waals surface area (Å²) in [6.45, 7) is 0. The lowest BCUT2D eigenvalue weighted by atomic mass is 10.0. The fourth-order valence-corrected chi connectivity index (χ4v) is 1.25. The molecule has 6 heteroatoms. The van der Waals surface area contributed by atoms with Crippen LogP contribution < -0.4 is 5.73 Å². The third kappa shape index (κ3) is 3.90. The van der Waals surface area contributed by atoms with Gasteiger partial charge in [-0.1, -0.05) is 12.1 Å². The molecule has 0 heterocycles. The number of carbonyl (C=O) groups excluding carboxylic acids is 2. The summed E-state index contributed by atoms with van der Waals surface area (Å²) in [4.78, 5) is 21.9. The number of Topliss-reactive ketones (excluding diaryl/α,β-unsaturated/α-hetero) is 1. The molecule has 0 saturated carbocycles. The van der Waals surface area contributed by atoms with Crippen molar-refractivity contribution in [3.8, 4) is 0 Å². The second-order valence-corrected chi connectivity index (χ2v) is 3.47. The Morgan fingerprint density at radius 1 is 1.18 bits per heavy atom. The minimum atomic E-state index is -4.49. The molecule has 0 aliphatic carbocycles. The molecule has 0 radical (unpaired) electrons. The van der Waals surface area contributed by atoms with E-state index in [9.17, 15) is 22.8 Å². The maximum atomic E-state index is 12.4. The Labute approximate surface area is 95.4 Å². The van der Waals surface area contributed by atoms with Crippen molar-refractivity contribution in [1.29, 1.82) is 0 Å². The molecule has 0 saturated heterocycles. The summed E-state index contributed by atoms with van der Waals surface area (Å²) in [6.07, 6.45) is -4.84. The average molecular weight is 245 g/mol. The largest absolute Gasteiger partial charge is 0.416 e. The van der Waals surface area contributed by atoms with Crippen LogP contribution in [0.4, 0.5) is 13.2 Å². The molecule has 0 unspecified atom stereocenters. The maximum Gasteiger partial charge on any atom is 0.416 e. The van der Waals surface area contributed by atoms with Crippen LogP contribution in [0.2, 0.25) is 0 Å². The fraction of sp³-hybridized carbons (Fsp3) is 0.273. The summed E-state index contributed by atoms with van der Waals surface area (Å²) < 4.78 is 37.1. The molecule has 0 fully saturated rings. The van der Waals surface area contributed by atoms with E-state index in [0.29, 0.717) is 0 Å². The minimum Gasteiger partial charge on any atom is -0.370 e. The quantitative estimate of drug-likeness (QED) is 0.826. The first kappa shape index (κ1) is 13.2. The van der Waals surface area contributed by atoms with Crippen LogP contribution in [0.5, 0.6) is 0 Å². The monoisotopic (exact) mass is 245 g/mol. The molecule has 0 aliphatic heterocycles. The number of primary amides is 1. The first-order valence-corrected chi connectivity index (χ1v) is 4.79. The second kappa shape index (κ2) is 4.99. The first-order valence-electron chi connectivity index (χ1n) is 4.79. The Morgan fingerprint density at radius 3 is 2.35 bits per heavy atom. The SMILES string of the molecule is NC(=O)CCC(=O)c1cccc(C(F)(F)F)c1. The normalized spacial score (nSPS) is 11.2. The topological polar surface area (TPSA) is 60.2 Å². The Hall–Kier alpha value is -1.85. The van der Waals surface area contributed by atoms with Crippen LogP contribution in [0.3, 0.4) is 0 Å². The fourth-order valence-electron chi connectivity index (χ4n) is 1.25. The van der Waals surface area contributed by atoms with E-state index in [1.54, 1.807) is 0 Å². The highest BCUT2D eigenvalue weighted by Gasteiger charge is 2.30. The summed E-state index contributed by atoms with van der Waals surface area (Å²) in [6, 6.07) is 4.08. The van der Waals surface area contributed by atoms with Crippen molar-refractivity contribution in [2.45, 2.75) is 19.0 Å². The lowest BCUT2D eigenvalue weighted by molar-refractivity contribution is -0.137. The molecule has 0 spiro atoms. The van der Waals surface area contributed by atoms with E-state index >= 15 is 0 Å². The van der Waals surface area contributed by atoms with Gasteiger partial charge in [-0.3, -0.25) is 9.59 Å². The minimum absolute atomic E-state index is 0.0684. The van der Waals surface area contributed by atoms with E-state index in [4.69, 9.17) is 5.73 Å². The maximum absolute atomic E-state index is 12.4. The second-order valence-electron chi connectivity index (χ2n) is 3.47. The molecule has 92 valence electrons. The van der Waals surface area contributed by atoms with Gasteiger partial charge in [0.1, 0.15) is 0 Å². The Kier molecular flexibility index (Phi) is 3.88. The molecule has 1 aromatic carbocycles. The summed E-state index contributed by atoms with van der Waals surface area (Å²) in [5.74, 6) is -1.19. The zero-order valence-electron chi connectivity index (χ0n) is 8.75. The van der Waals surface area contributed by atoms with Crippen LogP contribution in [0.15, 0.2) is 24.3 Å². The van der Waals surface area contributed by atoms with E-state index in [0.717, 1.165) is 18.2 Å². The van der Waals surface area contributed by atoms with Crippen LogP contribution in [0.1, 0.15) is 28.8 Å². The molecule has 1 aromatic rings. The summed E-state index contributed by atoms with van der Waals surface area (Å²) >= 11 is 0. The molecule has 0 bridgehead atoms. The van der Waals surface area contributed by atoms with Crippen LogP contribution >= 0.6 is 0 Å². The highest BCUT2D eigenvalue weighted by atomic mass is 19.4. The Balaban J connectivity index is 2.85. The summed E-state index contributed by atoms with van der Waals surface area (Å²) in [5.41, 5.74) is 3.89. The van der Waals surface area contributed by atoms with Crippen molar-refractivity contribution < 1.29 is 22.8 Å². The summed E-state index contributed by atoms with van der Waals surface area (Å²) in [7, 11) is 0. The molecule has 1 rings (SSSR count). The van der Waals surface area contributed by atoms with Gasteiger partial charge in [0.25, 0.3) is 0 Å². The standard InChI is InChI=1S/C11H10F3NO2/c12-11(13,14)8-3-1-2-7(6-8)9(16)4-5-10(15)17/h1-3,6H,4-5H2,(H2,15,17). The zero-order chi connectivity index (χ0) is 13.1. The van der Waals surface area contributed by atoms with Crippen LogP contribution in [-0.4, -0.2) is 11.7 Å². The predicted octanol–water partition coefficient (Wildman–Crippen LogP) is 2.15. The van der Waals surface area contributed by atoms with E-state index in [2.05, 4.69) is 0 Å². The van der Waals surface area contributed by atoms with Gasteiger partial charge in [-0.2, -0.15) is 13.2 Å². The number of hydrogen-bond donors (Lipinski definition) is 1. The van der Waals surface area contributed by atoms with Gasteiger partial charge in [-0.25, -0.2) is 0 Å². The molecular weight excluding hydrogens is 235 g/mol. The number of nitrogens with two attached hydrogens (primary N) is 1. The summed E-state index contributed by atoms with van der Waals surface area (Å²) in [5, 5.41) is 0. The molecule has 2 N–H and O–H groups in total. The van der Waals surface area contributed by atoms with E-state index in [1.807, 2.05) is 0 Å². The van der Waals surface area contributed by atoms with E-state index in [1.165, 1.54) is 6.07 Å². The number of hydrogen-bond acceptors (Lipinski definition) is 2. The van der Waals surface area contributed by atoms with Crippen molar-refractivity contribution in [3.63, 3.8) is 0 Å². The Morgan fingerprint density at radius 2 is 1.82 bits per heavy atom. The van der Waals surface area contributed by atoms with Crippen molar-refractivity contribution in [1.82, 2.24) is 0 Å². The first-order chi connectivity index (χ1) is 7.80. The van der Waals surface area contributed by atoms with Gasteiger partial charge in [-0.05, 0) is 12.1 Å². The third-order valence-electron chi connectivity index (χ3n) is 2.11. The predicted molar refractivity (Wildman–Crippen MR) is 54.2 cm³/mol. The van der Waals surface area contributed by atoms with Gasteiger partial charge in [0.05, 0.1) is 5.56 Å². The van der Waals surface area contributed by atoms with Gasteiger partial charge in [-0.15, -0.1) is 0 Å². The van der Waals surface area contributed by atoms with Gasteiger partial charge in [0, 0.05) is 18.4 Å². The number of ketones is 1. The Bertz CT molecular complexity index is 441. The van der Waals surface area contributed by atoms with Gasteiger partial charge in [0.15, 0.2) is 5.78 Å². The highest BCUT2D eigenvalue weighted by molar-refractivity contribution is 5.97. The smallest absolute Gasteiger partial charge is 0.370 e. The number of amides is 1. The van der Waals surface area contributed by atoms with Crippen LogP contribution in [0, 0.1) is 0 Å². The molecule has 0 atom stereocenters. The van der Waals surface area contributed by atoms with E-state index < -0.39 is 23.4 Å². The lowest BCUT2D eigenvalue weighted by Gasteiger charge is -2.07. The number of carbonyl (C=O) groups is 2. The average Bonchev–Trinajstić information content (AvgIpc) is 2.25. The van der Waals surface area contributed by atoms with Gasteiger partial charge < -0.3 is 5.73 Å². The molecule has 1 amide bonds. The number of alkyl halides is 3. The number of rotatable bonds is 4. The van der Waals surface area contributed by atoms with Crippen LogP contribution in [-0.2, 0) is 11.0 Å². The van der Waals surface area contributed by atoms with Crippen molar-refractivity contribution >= 4 is 11.7 Å². The lowest BCUT2D eigenvalue weighted by Crippen LogP contribution is -2.13. The number of benzene rings is 1. The molecule has 0 aromatic heterocycles. The van der Waals surface area contributed by atoms with Gasteiger partial charge in [0.2, 0.25) is 5.91 Å². The van der Waals surface area contributed by atoms with Crippen molar-refractivity contribution in [2.24, 2.45) is 5.73 Å².